The third-order valence-corrected chi connectivity index (χ3v) is 5.88. The number of nitrogens with zero attached hydrogens (tertiary/aromatic N) is 4. The minimum atomic E-state index is -4.82. The van der Waals surface area contributed by atoms with Crippen molar-refractivity contribution in [1.82, 2.24) is 19.1 Å². The van der Waals surface area contributed by atoms with E-state index >= 15 is 0 Å². The van der Waals surface area contributed by atoms with E-state index in [1.807, 2.05) is 0 Å². The van der Waals surface area contributed by atoms with Crippen LogP contribution in [0.15, 0.2) is 53.7 Å². The van der Waals surface area contributed by atoms with Crippen LogP contribution in [0, 0.1) is 0 Å². The van der Waals surface area contributed by atoms with Crippen molar-refractivity contribution in [2.75, 3.05) is 7.05 Å². The van der Waals surface area contributed by atoms with Gasteiger partial charge < -0.3 is 0 Å². The number of hydrogen-bond acceptors (Lipinski definition) is 4. The van der Waals surface area contributed by atoms with Crippen molar-refractivity contribution in [1.29, 1.82) is 0 Å². The van der Waals surface area contributed by atoms with Gasteiger partial charge in [-0.15, -0.1) is 5.10 Å². The Morgan fingerprint density at radius 1 is 1.19 bits per heavy atom. The molecule has 0 spiro atoms. The molecule has 0 radical (unpaired) electrons. The fraction of sp³-hybridized carbons (Fsp3) is 0.200. The molecule has 2 heterocycles. The second kappa shape index (κ2) is 6.53. The molecule has 0 aliphatic carbocycles. The third kappa shape index (κ3) is 3.39. The summed E-state index contributed by atoms with van der Waals surface area (Å²) in [7, 11) is -3.55. The first kappa shape index (κ1) is 18.6. The minimum absolute atomic E-state index is 0.236. The first-order valence-electron chi connectivity index (χ1n) is 7.21. The fourth-order valence-electron chi connectivity index (χ4n) is 2.52. The minimum Gasteiger partial charge on any atom is -0.221 e. The number of pyridine rings is 1. The van der Waals surface area contributed by atoms with Crippen LogP contribution in [0.4, 0.5) is 13.2 Å². The topological polar surface area (TPSA) is 67.6 Å². The highest BCUT2D eigenvalue weighted by Gasteiger charge is 2.47. The molecule has 0 bridgehead atoms. The van der Waals surface area contributed by atoms with Gasteiger partial charge >= 0.3 is 6.18 Å². The molecule has 11 heteroatoms. The maximum Gasteiger partial charge on any atom is 0.409 e. The molecule has 0 unspecified atom stereocenters. The van der Waals surface area contributed by atoms with Crippen LogP contribution in [0.2, 0.25) is 5.02 Å². The van der Waals surface area contributed by atoms with Gasteiger partial charge in [-0.3, -0.25) is 0 Å². The zero-order valence-electron chi connectivity index (χ0n) is 13.2. The maximum atomic E-state index is 13.6. The van der Waals surface area contributed by atoms with E-state index in [0.29, 0.717) is 9.82 Å². The van der Waals surface area contributed by atoms with Gasteiger partial charge in [-0.2, -0.15) is 17.5 Å². The van der Waals surface area contributed by atoms with Crippen LogP contribution >= 0.6 is 11.6 Å². The molecule has 138 valence electrons. The number of benzene rings is 1. The molecule has 0 aliphatic rings. The van der Waals surface area contributed by atoms with E-state index < -0.39 is 22.2 Å². The van der Waals surface area contributed by atoms with E-state index in [0.717, 1.165) is 19.2 Å². The molecule has 26 heavy (non-hydrogen) atoms. The standard InChI is InChI=1S/C15H12ClF3N4O2S/c1-22(14(15(17,18)19)10-2-4-11(16)5-3-10)26(24,25)13-6-7-23-12(8-13)9-20-21-23/h2-9,14H,1H3/t14-/m1/s1. The van der Waals surface area contributed by atoms with Crippen molar-refractivity contribution < 1.29 is 21.6 Å². The second-order valence-electron chi connectivity index (χ2n) is 5.48. The van der Waals surface area contributed by atoms with Crippen LogP contribution in [0.1, 0.15) is 11.6 Å². The van der Waals surface area contributed by atoms with E-state index in [1.54, 1.807) is 0 Å². The largest absolute Gasteiger partial charge is 0.409 e. The predicted octanol–water partition coefficient (Wildman–Crippen LogP) is 3.31. The monoisotopic (exact) mass is 404 g/mol. The summed E-state index contributed by atoms with van der Waals surface area (Å²) >= 11 is 5.71. The zero-order chi connectivity index (χ0) is 19.1. The Balaban J connectivity index is 2.07. The lowest BCUT2D eigenvalue weighted by Crippen LogP contribution is -2.39. The molecule has 1 aromatic carbocycles. The summed E-state index contributed by atoms with van der Waals surface area (Å²) in [6.07, 6.45) is -2.20. The Hall–Kier alpha value is -2.17. The van der Waals surface area contributed by atoms with Crippen LogP contribution < -0.4 is 0 Å². The SMILES string of the molecule is CN([C@H](c1ccc(Cl)cc1)C(F)(F)F)S(=O)(=O)c1ccn2nncc2c1. The predicted molar refractivity (Wildman–Crippen MR) is 88.2 cm³/mol. The number of halogens is 4. The van der Waals surface area contributed by atoms with Gasteiger partial charge in [-0.25, -0.2) is 12.9 Å². The van der Waals surface area contributed by atoms with Crippen LogP contribution in [-0.2, 0) is 10.0 Å². The summed E-state index contributed by atoms with van der Waals surface area (Å²) in [4.78, 5) is -0.294. The van der Waals surface area contributed by atoms with Gasteiger partial charge in [0.1, 0.15) is 6.04 Å². The first-order valence-corrected chi connectivity index (χ1v) is 9.03. The molecule has 0 saturated carbocycles. The molecule has 3 rings (SSSR count). The molecular weight excluding hydrogens is 393 g/mol. The lowest BCUT2D eigenvalue weighted by molar-refractivity contribution is -0.171. The smallest absolute Gasteiger partial charge is 0.221 e. The van der Waals surface area contributed by atoms with Crippen molar-refractivity contribution >= 4 is 27.1 Å². The lowest BCUT2D eigenvalue weighted by atomic mass is 10.1. The zero-order valence-corrected chi connectivity index (χ0v) is 14.8. The first-order chi connectivity index (χ1) is 12.1. The van der Waals surface area contributed by atoms with Gasteiger partial charge in [0, 0.05) is 18.3 Å². The highest BCUT2D eigenvalue weighted by atomic mass is 35.5. The Bertz CT molecular complexity index is 1030. The summed E-state index contributed by atoms with van der Waals surface area (Å²) in [5, 5.41) is 7.54. The lowest BCUT2D eigenvalue weighted by Gasteiger charge is -2.29. The molecule has 2 aromatic heterocycles. The normalized spacial score (nSPS) is 14.1. The Labute approximate surface area is 151 Å². The highest BCUT2D eigenvalue weighted by molar-refractivity contribution is 7.89. The molecule has 0 fully saturated rings. The fourth-order valence-corrected chi connectivity index (χ4v) is 4.00. The molecular formula is C15H12ClF3N4O2S. The molecule has 3 aromatic rings. The molecule has 0 saturated heterocycles. The van der Waals surface area contributed by atoms with Crippen molar-refractivity contribution in [3.05, 3.63) is 59.4 Å². The number of fused-ring (bicyclic) bond motifs is 1. The van der Waals surface area contributed by atoms with E-state index in [2.05, 4.69) is 10.3 Å². The van der Waals surface area contributed by atoms with Crippen molar-refractivity contribution in [2.24, 2.45) is 0 Å². The number of sulfonamides is 1. The van der Waals surface area contributed by atoms with E-state index in [9.17, 15) is 21.6 Å². The van der Waals surface area contributed by atoms with Crippen molar-refractivity contribution in [2.45, 2.75) is 17.1 Å². The molecule has 6 nitrogen and oxygen atoms in total. The summed E-state index contributed by atoms with van der Waals surface area (Å²) in [6.45, 7) is 0. The molecule has 0 N–H and O–H groups in total. The Morgan fingerprint density at radius 2 is 1.85 bits per heavy atom. The van der Waals surface area contributed by atoms with Gasteiger partial charge in [0.05, 0.1) is 16.6 Å². The molecule has 0 amide bonds. The summed E-state index contributed by atoms with van der Waals surface area (Å²) in [5.74, 6) is 0. The number of hydrogen-bond donors (Lipinski definition) is 0. The Morgan fingerprint density at radius 3 is 2.46 bits per heavy atom. The number of aromatic nitrogens is 3. The van der Waals surface area contributed by atoms with E-state index in [-0.39, 0.29) is 15.5 Å². The summed E-state index contributed by atoms with van der Waals surface area (Å²) in [6, 6.07) is 4.88. The maximum absolute atomic E-state index is 13.6. The molecule has 0 aliphatic heterocycles. The van der Waals surface area contributed by atoms with Gasteiger partial charge in [0.2, 0.25) is 10.0 Å². The quantitative estimate of drug-likeness (QED) is 0.669. The van der Waals surface area contributed by atoms with E-state index in [4.69, 9.17) is 11.6 Å². The van der Waals surface area contributed by atoms with Gasteiger partial charge in [0.25, 0.3) is 0 Å². The van der Waals surface area contributed by atoms with Crippen LogP contribution in [0.25, 0.3) is 5.52 Å². The summed E-state index contributed by atoms with van der Waals surface area (Å²) in [5.41, 5.74) is 0.106. The number of alkyl halides is 3. The number of rotatable bonds is 4. The van der Waals surface area contributed by atoms with E-state index in [1.165, 1.54) is 41.2 Å². The van der Waals surface area contributed by atoms with Gasteiger partial charge in [0.15, 0.2) is 0 Å². The average molecular weight is 405 g/mol. The van der Waals surface area contributed by atoms with Gasteiger partial charge in [-0.1, -0.05) is 28.9 Å². The third-order valence-electron chi connectivity index (χ3n) is 3.81. The molecule has 1 atom stereocenters. The van der Waals surface area contributed by atoms with Gasteiger partial charge in [-0.05, 0) is 29.8 Å². The van der Waals surface area contributed by atoms with Crippen LogP contribution in [-0.4, -0.2) is 40.8 Å². The average Bonchev–Trinajstić information content (AvgIpc) is 3.03. The second-order valence-corrected chi connectivity index (χ2v) is 7.92. The summed E-state index contributed by atoms with van der Waals surface area (Å²) < 4.78 is 68.1. The van der Waals surface area contributed by atoms with Crippen LogP contribution in [0.5, 0.6) is 0 Å². The highest BCUT2D eigenvalue weighted by Crippen LogP contribution is 2.39. The van der Waals surface area contributed by atoms with Crippen LogP contribution in [0.3, 0.4) is 0 Å². The van der Waals surface area contributed by atoms with Crippen molar-refractivity contribution in [3.63, 3.8) is 0 Å². The van der Waals surface area contributed by atoms with Crippen molar-refractivity contribution in [3.8, 4) is 0 Å². The Kier molecular flexibility index (Phi) is 4.67.